The van der Waals surface area contributed by atoms with Crippen molar-refractivity contribution in [1.82, 2.24) is 0 Å². The van der Waals surface area contributed by atoms with Gasteiger partial charge in [-0.15, -0.1) is 0 Å². The van der Waals surface area contributed by atoms with Gasteiger partial charge in [-0.1, -0.05) is 13.8 Å². The van der Waals surface area contributed by atoms with Crippen LogP contribution in [0.2, 0.25) is 0 Å². The summed E-state index contributed by atoms with van der Waals surface area (Å²) in [6.45, 7) is 5.37. The molecular formula is C11H15NO3. The molecule has 0 N–H and O–H groups in total. The number of non-ortho nitro benzene ring substituents is 1. The van der Waals surface area contributed by atoms with Crippen LogP contribution in [0.1, 0.15) is 19.4 Å². The van der Waals surface area contributed by atoms with Gasteiger partial charge in [-0.05, 0) is 23.6 Å². The lowest BCUT2D eigenvalue weighted by molar-refractivity contribution is -0.384. The Hall–Kier alpha value is -1.42. The zero-order chi connectivity index (χ0) is 11.3. The minimum absolute atomic E-state index is 0.114. The van der Waals surface area contributed by atoms with Crippen molar-refractivity contribution in [2.45, 2.75) is 20.5 Å². The van der Waals surface area contributed by atoms with Gasteiger partial charge in [-0.25, -0.2) is 0 Å². The summed E-state index contributed by atoms with van der Waals surface area (Å²) in [5, 5.41) is 10.4. The Kier molecular flexibility index (Phi) is 4.24. The summed E-state index contributed by atoms with van der Waals surface area (Å²) in [4.78, 5) is 9.99. The Morgan fingerprint density at radius 2 is 1.93 bits per heavy atom. The predicted octanol–water partition coefficient (Wildman–Crippen LogP) is 2.77. The van der Waals surface area contributed by atoms with Crippen molar-refractivity contribution in [3.05, 3.63) is 39.9 Å². The summed E-state index contributed by atoms with van der Waals surface area (Å²) in [7, 11) is 0. The lowest BCUT2D eigenvalue weighted by Crippen LogP contribution is -2.01. The van der Waals surface area contributed by atoms with Gasteiger partial charge in [0.05, 0.1) is 11.5 Å². The van der Waals surface area contributed by atoms with Gasteiger partial charge in [0, 0.05) is 18.7 Å². The smallest absolute Gasteiger partial charge is 0.269 e. The molecule has 0 amide bonds. The van der Waals surface area contributed by atoms with E-state index in [1.165, 1.54) is 12.1 Å². The molecule has 0 aliphatic heterocycles. The molecule has 0 radical (unpaired) electrons. The van der Waals surface area contributed by atoms with Gasteiger partial charge < -0.3 is 4.74 Å². The van der Waals surface area contributed by atoms with E-state index in [0.717, 1.165) is 5.56 Å². The van der Waals surface area contributed by atoms with E-state index in [4.69, 9.17) is 4.74 Å². The molecule has 1 aromatic carbocycles. The van der Waals surface area contributed by atoms with Crippen LogP contribution in [0, 0.1) is 16.0 Å². The van der Waals surface area contributed by atoms with Crippen LogP contribution in [0.5, 0.6) is 0 Å². The largest absolute Gasteiger partial charge is 0.377 e. The van der Waals surface area contributed by atoms with Gasteiger partial charge in [-0.2, -0.15) is 0 Å². The number of hydrogen-bond acceptors (Lipinski definition) is 3. The Morgan fingerprint density at radius 3 is 2.40 bits per heavy atom. The molecule has 0 bridgehead atoms. The van der Waals surface area contributed by atoms with E-state index in [1.54, 1.807) is 12.1 Å². The molecule has 82 valence electrons. The molecule has 0 spiro atoms. The van der Waals surface area contributed by atoms with Crippen LogP contribution in [0.3, 0.4) is 0 Å². The first-order valence-corrected chi connectivity index (χ1v) is 4.90. The third kappa shape index (κ3) is 4.08. The fraction of sp³-hybridized carbons (Fsp3) is 0.455. The average molecular weight is 209 g/mol. The summed E-state index contributed by atoms with van der Waals surface area (Å²) in [6, 6.07) is 6.43. The minimum atomic E-state index is -0.404. The summed E-state index contributed by atoms with van der Waals surface area (Å²) in [5.74, 6) is 0.503. The van der Waals surface area contributed by atoms with Crippen LogP contribution >= 0.6 is 0 Å². The van der Waals surface area contributed by atoms with Crippen LogP contribution in [0.4, 0.5) is 5.69 Å². The Labute approximate surface area is 89.0 Å². The second-order valence-corrected chi connectivity index (χ2v) is 3.83. The Balaban J connectivity index is 2.46. The van der Waals surface area contributed by atoms with Crippen molar-refractivity contribution in [1.29, 1.82) is 0 Å². The highest BCUT2D eigenvalue weighted by atomic mass is 16.6. The zero-order valence-corrected chi connectivity index (χ0v) is 8.97. The number of nitrogens with zero attached hydrogens (tertiary/aromatic N) is 1. The highest BCUT2D eigenvalue weighted by Crippen LogP contribution is 2.12. The number of benzene rings is 1. The van der Waals surface area contributed by atoms with E-state index in [-0.39, 0.29) is 5.69 Å². The number of nitro groups is 1. The maximum atomic E-state index is 10.4. The lowest BCUT2D eigenvalue weighted by atomic mass is 10.2. The van der Waals surface area contributed by atoms with Crippen molar-refractivity contribution in [3.63, 3.8) is 0 Å². The average Bonchev–Trinajstić information content (AvgIpc) is 2.18. The molecule has 0 atom stereocenters. The van der Waals surface area contributed by atoms with Gasteiger partial charge in [0.2, 0.25) is 0 Å². The molecule has 0 unspecified atom stereocenters. The van der Waals surface area contributed by atoms with Crippen LogP contribution < -0.4 is 0 Å². The first-order valence-electron chi connectivity index (χ1n) is 4.90. The molecule has 1 aromatic rings. The molecule has 0 saturated carbocycles. The van der Waals surface area contributed by atoms with Gasteiger partial charge in [-0.3, -0.25) is 10.1 Å². The minimum Gasteiger partial charge on any atom is -0.377 e. The molecular weight excluding hydrogens is 194 g/mol. The van der Waals surface area contributed by atoms with Crippen molar-refractivity contribution < 1.29 is 9.66 Å². The molecule has 1 rings (SSSR count). The maximum absolute atomic E-state index is 10.4. The van der Waals surface area contributed by atoms with E-state index < -0.39 is 4.92 Å². The second kappa shape index (κ2) is 5.46. The topological polar surface area (TPSA) is 52.4 Å². The lowest BCUT2D eigenvalue weighted by Gasteiger charge is -2.06. The van der Waals surface area contributed by atoms with Crippen LogP contribution in [0.15, 0.2) is 24.3 Å². The zero-order valence-electron chi connectivity index (χ0n) is 8.97. The van der Waals surface area contributed by atoms with E-state index >= 15 is 0 Å². The second-order valence-electron chi connectivity index (χ2n) is 3.83. The monoisotopic (exact) mass is 209 g/mol. The highest BCUT2D eigenvalue weighted by molar-refractivity contribution is 5.32. The summed E-state index contributed by atoms with van der Waals surface area (Å²) >= 11 is 0. The third-order valence-corrected chi connectivity index (χ3v) is 1.87. The first kappa shape index (κ1) is 11.7. The fourth-order valence-electron chi connectivity index (χ4n) is 1.13. The Bertz CT molecular complexity index is 319. The summed E-state index contributed by atoms with van der Waals surface area (Å²) < 4.78 is 5.41. The predicted molar refractivity (Wildman–Crippen MR) is 57.6 cm³/mol. The van der Waals surface area contributed by atoms with Crippen LogP contribution in [-0.2, 0) is 11.3 Å². The Morgan fingerprint density at radius 1 is 1.33 bits per heavy atom. The third-order valence-electron chi connectivity index (χ3n) is 1.87. The molecule has 0 heterocycles. The normalized spacial score (nSPS) is 10.6. The van der Waals surface area contributed by atoms with Gasteiger partial charge in [0.1, 0.15) is 0 Å². The molecule has 4 heteroatoms. The van der Waals surface area contributed by atoms with Gasteiger partial charge in [0.15, 0.2) is 0 Å². The quantitative estimate of drug-likeness (QED) is 0.553. The SMILES string of the molecule is CC(C)COCc1ccc([N+](=O)[O-])cc1. The molecule has 0 aromatic heterocycles. The van der Waals surface area contributed by atoms with Crippen molar-refractivity contribution in [2.75, 3.05) is 6.61 Å². The molecule has 0 aliphatic carbocycles. The maximum Gasteiger partial charge on any atom is 0.269 e. The van der Waals surface area contributed by atoms with E-state index in [0.29, 0.717) is 19.1 Å². The highest BCUT2D eigenvalue weighted by Gasteiger charge is 2.03. The molecule has 0 aliphatic rings. The molecule has 15 heavy (non-hydrogen) atoms. The van der Waals surface area contributed by atoms with Crippen molar-refractivity contribution in [2.24, 2.45) is 5.92 Å². The number of nitro benzene ring substituents is 1. The standard InChI is InChI=1S/C11H15NO3/c1-9(2)7-15-8-10-3-5-11(6-4-10)12(13)14/h3-6,9H,7-8H2,1-2H3. The van der Waals surface area contributed by atoms with E-state index in [2.05, 4.69) is 13.8 Å². The molecule has 0 fully saturated rings. The number of rotatable bonds is 5. The fourth-order valence-corrected chi connectivity index (χ4v) is 1.13. The van der Waals surface area contributed by atoms with Crippen LogP contribution in [-0.4, -0.2) is 11.5 Å². The summed E-state index contributed by atoms with van der Waals surface area (Å²) in [6.07, 6.45) is 0. The first-order chi connectivity index (χ1) is 7.09. The van der Waals surface area contributed by atoms with Gasteiger partial charge in [0.25, 0.3) is 5.69 Å². The van der Waals surface area contributed by atoms with Gasteiger partial charge >= 0.3 is 0 Å². The van der Waals surface area contributed by atoms with Crippen LogP contribution in [0.25, 0.3) is 0 Å². The number of ether oxygens (including phenoxy) is 1. The van der Waals surface area contributed by atoms with E-state index in [1.807, 2.05) is 0 Å². The number of hydrogen-bond donors (Lipinski definition) is 0. The molecule has 4 nitrogen and oxygen atoms in total. The summed E-state index contributed by atoms with van der Waals surface area (Å²) in [5.41, 5.74) is 1.07. The van der Waals surface area contributed by atoms with Crippen molar-refractivity contribution >= 4 is 5.69 Å². The van der Waals surface area contributed by atoms with E-state index in [9.17, 15) is 10.1 Å². The van der Waals surface area contributed by atoms with Crippen molar-refractivity contribution in [3.8, 4) is 0 Å². The molecule has 0 saturated heterocycles.